The standard InChI is InChI=1S/C9H6BrN3O2/c10-8-7(1-2-15-8)9(14)13-6-3-11-5-12-4-6/h1-5H,(H,13,14). The summed E-state index contributed by atoms with van der Waals surface area (Å²) in [5, 5.41) is 2.63. The predicted octanol–water partition coefficient (Wildman–Crippen LogP) is 2.08. The van der Waals surface area contributed by atoms with E-state index in [1.54, 1.807) is 6.07 Å². The predicted molar refractivity (Wildman–Crippen MR) is 56.4 cm³/mol. The lowest BCUT2D eigenvalue weighted by molar-refractivity contribution is 0.102. The Bertz CT molecular complexity index is 469. The third kappa shape index (κ3) is 2.21. The van der Waals surface area contributed by atoms with E-state index in [-0.39, 0.29) is 5.91 Å². The quantitative estimate of drug-likeness (QED) is 0.905. The van der Waals surface area contributed by atoms with Crippen LogP contribution in [0.1, 0.15) is 10.4 Å². The maximum Gasteiger partial charge on any atom is 0.260 e. The molecule has 0 bridgehead atoms. The van der Waals surface area contributed by atoms with E-state index in [4.69, 9.17) is 4.42 Å². The molecule has 1 amide bonds. The minimum absolute atomic E-state index is 0.273. The van der Waals surface area contributed by atoms with Crippen LogP contribution in [-0.4, -0.2) is 15.9 Å². The van der Waals surface area contributed by atoms with Crippen LogP contribution in [0.15, 0.2) is 40.1 Å². The number of aromatic nitrogens is 2. The Morgan fingerprint density at radius 1 is 1.40 bits per heavy atom. The molecule has 0 radical (unpaired) electrons. The Morgan fingerprint density at radius 2 is 2.13 bits per heavy atom. The summed E-state index contributed by atoms with van der Waals surface area (Å²) < 4.78 is 5.35. The summed E-state index contributed by atoms with van der Waals surface area (Å²) in [4.78, 5) is 19.2. The van der Waals surface area contributed by atoms with Crippen molar-refractivity contribution < 1.29 is 9.21 Å². The molecule has 5 nitrogen and oxygen atoms in total. The van der Waals surface area contributed by atoms with Gasteiger partial charge in [0.25, 0.3) is 5.91 Å². The van der Waals surface area contributed by atoms with Gasteiger partial charge in [-0.15, -0.1) is 0 Å². The number of carbonyl (C=O) groups excluding carboxylic acids is 1. The van der Waals surface area contributed by atoms with Gasteiger partial charge in [-0.2, -0.15) is 0 Å². The number of furan rings is 1. The van der Waals surface area contributed by atoms with E-state index in [2.05, 4.69) is 31.2 Å². The third-order valence-electron chi connectivity index (χ3n) is 1.68. The van der Waals surface area contributed by atoms with Crippen molar-refractivity contribution in [2.24, 2.45) is 0 Å². The van der Waals surface area contributed by atoms with E-state index in [9.17, 15) is 4.79 Å². The molecule has 0 aliphatic heterocycles. The summed E-state index contributed by atoms with van der Waals surface area (Å²) in [6.45, 7) is 0. The number of hydrogen-bond donors (Lipinski definition) is 1. The number of nitrogens with one attached hydrogen (secondary N) is 1. The van der Waals surface area contributed by atoms with Crippen LogP contribution in [0.5, 0.6) is 0 Å². The summed E-state index contributed by atoms with van der Waals surface area (Å²) in [5.41, 5.74) is 0.967. The van der Waals surface area contributed by atoms with Gasteiger partial charge in [0, 0.05) is 0 Å². The van der Waals surface area contributed by atoms with Crippen molar-refractivity contribution in [3.8, 4) is 0 Å². The molecule has 0 saturated heterocycles. The van der Waals surface area contributed by atoms with E-state index in [0.717, 1.165) is 0 Å². The second-order valence-electron chi connectivity index (χ2n) is 2.69. The molecule has 2 aromatic rings. The van der Waals surface area contributed by atoms with Gasteiger partial charge in [-0.05, 0) is 22.0 Å². The fourth-order valence-corrected chi connectivity index (χ4v) is 1.44. The zero-order chi connectivity index (χ0) is 10.7. The summed E-state index contributed by atoms with van der Waals surface area (Å²) in [6, 6.07) is 1.57. The zero-order valence-corrected chi connectivity index (χ0v) is 9.06. The van der Waals surface area contributed by atoms with Crippen molar-refractivity contribution in [2.45, 2.75) is 0 Å². The molecular formula is C9H6BrN3O2. The highest BCUT2D eigenvalue weighted by Gasteiger charge is 2.12. The topological polar surface area (TPSA) is 68.0 Å². The maximum atomic E-state index is 11.6. The van der Waals surface area contributed by atoms with Crippen LogP contribution in [0.3, 0.4) is 0 Å². The van der Waals surface area contributed by atoms with Crippen LogP contribution in [-0.2, 0) is 0 Å². The average molecular weight is 268 g/mol. The Labute approximate surface area is 93.7 Å². The van der Waals surface area contributed by atoms with Crippen LogP contribution in [0.4, 0.5) is 5.69 Å². The third-order valence-corrected chi connectivity index (χ3v) is 2.30. The first kappa shape index (κ1) is 9.85. The Hall–Kier alpha value is -1.69. The first-order chi connectivity index (χ1) is 7.27. The van der Waals surface area contributed by atoms with E-state index in [1.807, 2.05) is 0 Å². The second-order valence-corrected chi connectivity index (χ2v) is 3.41. The largest absolute Gasteiger partial charge is 0.457 e. The Kier molecular flexibility index (Phi) is 2.77. The molecule has 0 atom stereocenters. The summed E-state index contributed by atoms with van der Waals surface area (Å²) >= 11 is 3.12. The van der Waals surface area contributed by atoms with Crippen molar-refractivity contribution in [1.29, 1.82) is 0 Å². The van der Waals surface area contributed by atoms with Gasteiger partial charge in [-0.1, -0.05) is 0 Å². The molecule has 15 heavy (non-hydrogen) atoms. The zero-order valence-electron chi connectivity index (χ0n) is 7.48. The number of anilines is 1. The molecule has 0 saturated carbocycles. The molecule has 76 valence electrons. The minimum Gasteiger partial charge on any atom is -0.457 e. The van der Waals surface area contributed by atoms with Gasteiger partial charge >= 0.3 is 0 Å². The van der Waals surface area contributed by atoms with Crippen LogP contribution in [0, 0.1) is 0 Å². The molecule has 2 aromatic heterocycles. The van der Waals surface area contributed by atoms with E-state index >= 15 is 0 Å². The molecular weight excluding hydrogens is 262 g/mol. The highest BCUT2D eigenvalue weighted by atomic mass is 79.9. The highest BCUT2D eigenvalue weighted by molar-refractivity contribution is 9.10. The van der Waals surface area contributed by atoms with Crippen LogP contribution in [0.2, 0.25) is 0 Å². The first-order valence-electron chi connectivity index (χ1n) is 4.07. The van der Waals surface area contributed by atoms with Crippen molar-refractivity contribution in [1.82, 2.24) is 9.97 Å². The van der Waals surface area contributed by atoms with E-state index < -0.39 is 0 Å². The molecule has 1 N–H and O–H groups in total. The fourth-order valence-electron chi connectivity index (χ4n) is 1.02. The van der Waals surface area contributed by atoms with Crippen LogP contribution in [0.25, 0.3) is 0 Å². The number of carbonyl (C=O) groups is 1. The van der Waals surface area contributed by atoms with Crippen molar-refractivity contribution in [2.75, 3.05) is 5.32 Å². The lowest BCUT2D eigenvalue weighted by Crippen LogP contribution is -2.11. The molecule has 0 aliphatic rings. The van der Waals surface area contributed by atoms with Crippen molar-refractivity contribution in [3.05, 3.63) is 41.3 Å². The second kappa shape index (κ2) is 4.22. The number of halogens is 1. The molecule has 2 heterocycles. The molecule has 0 aromatic carbocycles. The van der Waals surface area contributed by atoms with Crippen molar-refractivity contribution >= 4 is 27.5 Å². The summed E-state index contributed by atoms with van der Waals surface area (Å²) in [5.74, 6) is -0.273. The van der Waals surface area contributed by atoms with Crippen LogP contribution < -0.4 is 5.32 Å². The van der Waals surface area contributed by atoms with Gasteiger partial charge in [-0.25, -0.2) is 9.97 Å². The van der Waals surface area contributed by atoms with Gasteiger partial charge in [0.15, 0.2) is 4.67 Å². The number of nitrogens with zero attached hydrogens (tertiary/aromatic N) is 2. The monoisotopic (exact) mass is 267 g/mol. The van der Waals surface area contributed by atoms with Gasteiger partial charge in [-0.3, -0.25) is 4.79 Å². The lowest BCUT2D eigenvalue weighted by Gasteiger charge is -2.01. The normalized spacial score (nSPS) is 9.93. The van der Waals surface area contributed by atoms with Gasteiger partial charge in [0.2, 0.25) is 0 Å². The molecule has 0 fully saturated rings. The number of rotatable bonds is 2. The Morgan fingerprint density at radius 3 is 2.73 bits per heavy atom. The van der Waals surface area contributed by atoms with E-state index in [0.29, 0.717) is 15.9 Å². The first-order valence-corrected chi connectivity index (χ1v) is 4.86. The smallest absolute Gasteiger partial charge is 0.260 e. The fraction of sp³-hybridized carbons (Fsp3) is 0. The molecule has 6 heteroatoms. The van der Waals surface area contributed by atoms with Crippen LogP contribution >= 0.6 is 15.9 Å². The SMILES string of the molecule is O=C(Nc1cncnc1)c1ccoc1Br. The van der Waals surface area contributed by atoms with E-state index in [1.165, 1.54) is 25.0 Å². The molecule has 2 rings (SSSR count). The summed E-state index contributed by atoms with van der Waals surface area (Å²) in [6.07, 6.45) is 5.85. The number of amides is 1. The molecule has 0 spiro atoms. The number of hydrogen-bond acceptors (Lipinski definition) is 4. The summed E-state index contributed by atoms with van der Waals surface area (Å²) in [7, 11) is 0. The molecule has 0 aliphatic carbocycles. The Balaban J connectivity index is 2.15. The van der Waals surface area contributed by atoms with Gasteiger partial charge < -0.3 is 9.73 Å². The van der Waals surface area contributed by atoms with Gasteiger partial charge in [0.05, 0.1) is 29.9 Å². The maximum absolute atomic E-state index is 11.6. The van der Waals surface area contributed by atoms with Gasteiger partial charge in [0.1, 0.15) is 6.33 Å². The highest BCUT2D eigenvalue weighted by Crippen LogP contribution is 2.18. The minimum atomic E-state index is -0.273. The average Bonchev–Trinajstić information content (AvgIpc) is 2.66. The van der Waals surface area contributed by atoms with Crippen molar-refractivity contribution in [3.63, 3.8) is 0 Å². The molecule has 0 unspecified atom stereocenters. The lowest BCUT2D eigenvalue weighted by atomic mass is 10.3.